The summed E-state index contributed by atoms with van der Waals surface area (Å²) in [6.45, 7) is 1.87. The Hall–Kier alpha value is -3.20. The van der Waals surface area contributed by atoms with Gasteiger partial charge in [-0.2, -0.15) is 10.3 Å². The lowest BCUT2D eigenvalue weighted by molar-refractivity contribution is -0.387. The van der Waals surface area contributed by atoms with Gasteiger partial charge in [0, 0.05) is 16.5 Å². The van der Waals surface area contributed by atoms with E-state index in [1.54, 1.807) is 19.1 Å². The Bertz CT molecular complexity index is 943. The van der Waals surface area contributed by atoms with Crippen molar-refractivity contribution < 1.29 is 14.5 Å². The monoisotopic (exact) mass is 370 g/mol. The van der Waals surface area contributed by atoms with Crippen molar-refractivity contribution in [3.63, 3.8) is 0 Å². The molecule has 2 aromatic carbocycles. The zero-order valence-corrected chi connectivity index (χ0v) is 14.5. The van der Waals surface area contributed by atoms with Crippen molar-refractivity contribution in [1.29, 1.82) is 0 Å². The van der Waals surface area contributed by atoms with E-state index in [-0.39, 0.29) is 23.7 Å². The standard InChI is InChI=1S/C17H14N4O4S/c1-2-25-17(22)16-15(18-20-19-16)11-8-9-14(13(10-11)21(23)24)26-12-6-4-3-5-7-12/h3-10H,2H2,1H3,(H,18,19,20). The summed E-state index contributed by atoms with van der Waals surface area (Å²) in [6.07, 6.45) is 0. The second kappa shape index (κ2) is 7.79. The predicted octanol–water partition coefficient (Wildman–Crippen LogP) is 3.71. The molecular formula is C17H14N4O4S. The molecule has 0 aliphatic heterocycles. The third-order valence-electron chi connectivity index (χ3n) is 3.42. The molecule has 1 aromatic heterocycles. The van der Waals surface area contributed by atoms with E-state index in [9.17, 15) is 14.9 Å². The van der Waals surface area contributed by atoms with Crippen LogP contribution in [-0.2, 0) is 4.74 Å². The van der Waals surface area contributed by atoms with Crippen LogP contribution in [-0.4, -0.2) is 32.9 Å². The van der Waals surface area contributed by atoms with E-state index in [1.165, 1.54) is 17.8 Å². The number of rotatable bonds is 6. The molecule has 0 atom stereocenters. The lowest BCUT2D eigenvalue weighted by Gasteiger charge is -2.06. The molecule has 0 bridgehead atoms. The molecule has 0 saturated carbocycles. The van der Waals surface area contributed by atoms with Gasteiger partial charge in [0.1, 0.15) is 5.69 Å². The summed E-state index contributed by atoms with van der Waals surface area (Å²) in [6, 6.07) is 14.0. The average Bonchev–Trinajstić information content (AvgIpc) is 3.13. The van der Waals surface area contributed by atoms with Gasteiger partial charge in [-0.3, -0.25) is 10.1 Å². The molecule has 0 unspecified atom stereocenters. The van der Waals surface area contributed by atoms with Crippen LogP contribution in [0.5, 0.6) is 0 Å². The first-order valence-corrected chi connectivity index (χ1v) is 8.51. The summed E-state index contributed by atoms with van der Waals surface area (Å²) in [5, 5.41) is 21.6. The molecule has 1 N–H and O–H groups in total. The summed E-state index contributed by atoms with van der Waals surface area (Å²) in [5.74, 6) is -0.637. The van der Waals surface area contributed by atoms with Gasteiger partial charge in [-0.05, 0) is 25.1 Å². The highest BCUT2D eigenvalue weighted by molar-refractivity contribution is 7.99. The summed E-state index contributed by atoms with van der Waals surface area (Å²) < 4.78 is 4.93. The molecule has 0 aliphatic carbocycles. The Balaban J connectivity index is 1.99. The van der Waals surface area contributed by atoms with Gasteiger partial charge in [0.05, 0.1) is 16.4 Å². The van der Waals surface area contributed by atoms with Crippen LogP contribution < -0.4 is 0 Å². The molecule has 0 amide bonds. The Labute approximate surface area is 152 Å². The summed E-state index contributed by atoms with van der Waals surface area (Å²) in [5.41, 5.74) is 0.535. The average molecular weight is 370 g/mol. The Morgan fingerprint density at radius 3 is 2.69 bits per heavy atom. The number of nitrogens with one attached hydrogen (secondary N) is 1. The number of aromatic amines is 1. The summed E-state index contributed by atoms with van der Waals surface area (Å²) in [4.78, 5) is 24.4. The van der Waals surface area contributed by atoms with Gasteiger partial charge in [-0.15, -0.1) is 5.10 Å². The minimum absolute atomic E-state index is 0.00962. The molecule has 0 saturated heterocycles. The van der Waals surface area contributed by atoms with Crippen molar-refractivity contribution in [2.45, 2.75) is 16.7 Å². The lowest BCUT2D eigenvalue weighted by Crippen LogP contribution is -2.06. The third kappa shape index (κ3) is 3.72. The molecule has 9 heteroatoms. The number of carbonyl (C=O) groups excluding carboxylic acids is 1. The van der Waals surface area contributed by atoms with Crippen LogP contribution in [0.15, 0.2) is 58.3 Å². The van der Waals surface area contributed by atoms with Gasteiger partial charge in [0.25, 0.3) is 5.69 Å². The molecule has 0 spiro atoms. The zero-order chi connectivity index (χ0) is 18.5. The van der Waals surface area contributed by atoms with Crippen LogP contribution in [0.4, 0.5) is 5.69 Å². The number of nitrogens with zero attached hydrogens (tertiary/aromatic N) is 3. The van der Waals surface area contributed by atoms with E-state index in [1.807, 2.05) is 30.3 Å². The molecule has 3 rings (SSSR count). The molecule has 0 fully saturated rings. The molecule has 0 radical (unpaired) electrons. The van der Waals surface area contributed by atoms with Gasteiger partial charge < -0.3 is 4.74 Å². The minimum atomic E-state index is -0.637. The number of hydrogen-bond acceptors (Lipinski definition) is 7. The molecule has 3 aromatic rings. The molecule has 26 heavy (non-hydrogen) atoms. The van der Waals surface area contributed by atoms with Gasteiger partial charge in [0.2, 0.25) is 0 Å². The van der Waals surface area contributed by atoms with E-state index in [2.05, 4.69) is 15.4 Å². The fourth-order valence-electron chi connectivity index (χ4n) is 2.28. The van der Waals surface area contributed by atoms with Gasteiger partial charge in [0.15, 0.2) is 5.69 Å². The van der Waals surface area contributed by atoms with Crippen molar-refractivity contribution in [2.75, 3.05) is 6.61 Å². The van der Waals surface area contributed by atoms with Gasteiger partial charge in [-0.25, -0.2) is 4.79 Å². The van der Waals surface area contributed by atoms with Gasteiger partial charge in [-0.1, -0.05) is 36.0 Å². The van der Waals surface area contributed by atoms with Crippen molar-refractivity contribution >= 4 is 23.4 Å². The predicted molar refractivity (Wildman–Crippen MR) is 95.0 cm³/mol. The number of hydrogen-bond donors (Lipinski definition) is 1. The van der Waals surface area contributed by atoms with Crippen molar-refractivity contribution in [1.82, 2.24) is 15.4 Å². The summed E-state index contributed by atoms with van der Waals surface area (Å²) in [7, 11) is 0. The zero-order valence-electron chi connectivity index (χ0n) is 13.7. The fraction of sp³-hybridized carbons (Fsp3) is 0.118. The first kappa shape index (κ1) is 17.6. The number of nitro groups is 1. The number of H-pyrrole nitrogens is 1. The first-order valence-electron chi connectivity index (χ1n) is 7.69. The second-order valence-electron chi connectivity index (χ2n) is 5.10. The number of benzene rings is 2. The number of ether oxygens (including phenoxy) is 1. The SMILES string of the molecule is CCOC(=O)c1n[nH]nc1-c1ccc(Sc2ccccc2)c([N+](=O)[O-])c1. The van der Waals surface area contributed by atoms with Crippen LogP contribution in [0.1, 0.15) is 17.4 Å². The number of carbonyl (C=O) groups is 1. The number of aromatic nitrogens is 3. The first-order chi connectivity index (χ1) is 12.6. The summed E-state index contributed by atoms with van der Waals surface area (Å²) >= 11 is 1.29. The van der Waals surface area contributed by atoms with E-state index in [0.29, 0.717) is 10.5 Å². The van der Waals surface area contributed by atoms with Crippen molar-refractivity contribution in [3.8, 4) is 11.3 Å². The molecule has 8 nitrogen and oxygen atoms in total. The Morgan fingerprint density at radius 2 is 2.00 bits per heavy atom. The van der Waals surface area contributed by atoms with Crippen LogP contribution in [0.2, 0.25) is 0 Å². The Morgan fingerprint density at radius 1 is 1.23 bits per heavy atom. The van der Waals surface area contributed by atoms with E-state index in [4.69, 9.17) is 4.74 Å². The Kier molecular flexibility index (Phi) is 5.28. The highest BCUT2D eigenvalue weighted by Crippen LogP contribution is 2.37. The maximum atomic E-state index is 11.9. The quantitative estimate of drug-likeness (QED) is 0.400. The van der Waals surface area contributed by atoms with Crippen LogP contribution in [0.3, 0.4) is 0 Å². The van der Waals surface area contributed by atoms with E-state index >= 15 is 0 Å². The fourth-order valence-corrected chi connectivity index (χ4v) is 3.20. The van der Waals surface area contributed by atoms with Crippen LogP contribution in [0.25, 0.3) is 11.3 Å². The highest BCUT2D eigenvalue weighted by atomic mass is 32.2. The molecular weight excluding hydrogens is 356 g/mol. The van der Waals surface area contributed by atoms with Gasteiger partial charge >= 0.3 is 5.97 Å². The highest BCUT2D eigenvalue weighted by Gasteiger charge is 2.22. The smallest absolute Gasteiger partial charge is 0.361 e. The molecule has 132 valence electrons. The van der Waals surface area contributed by atoms with Crippen LogP contribution in [0, 0.1) is 10.1 Å². The lowest BCUT2D eigenvalue weighted by atomic mass is 10.1. The third-order valence-corrected chi connectivity index (χ3v) is 4.49. The topological polar surface area (TPSA) is 111 Å². The van der Waals surface area contributed by atoms with Crippen molar-refractivity contribution in [2.24, 2.45) is 0 Å². The minimum Gasteiger partial charge on any atom is -0.461 e. The number of nitro benzene ring substituents is 1. The maximum Gasteiger partial charge on any atom is 0.361 e. The maximum absolute atomic E-state index is 11.9. The normalized spacial score (nSPS) is 10.5. The second-order valence-corrected chi connectivity index (χ2v) is 6.21. The van der Waals surface area contributed by atoms with Crippen LogP contribution >= 0.6 is 11.8 Å². The number of esters is 1. The molecule has 0 aliphatic rings. The van der Waals surface area contributed by atoms with E-state index in [0.717, 1.165) is 4.90 Å². The van der Waals surface area contributed by atoms with Crippen molar-refractivity contribution in [3.05, 3.63) is 64.3 Å². The van der Waals surface area contributed by atoms with E-state index < -0.39 is 10.9 Å². The molecule has 1 heterocycles. The largest absolute Gasteiger partial charge is 0.461 e.